The number of amides is 1. The van der Waals surface area contributed by atoms with Crippen molar-refractivity contribution in [1.82, 2.24) is 15.2 Å². The highest BCUT2D eigenvalue weighted by molar-refractivity contribution is 7.99. The van der Waals surface area contributed by atoms with Crippen molar-refractivity contribution in [3.05, 3.63) is 47.5 Å². The van der Waals surface area contributed by atoms with Crippen LogP contribution in [0.25, 0.3) is 11.4 Å². The number of anilines is 1. The number of carbonyl (C=O) groups excluding carboxylic acids is 1. The number of aryl methyl sites for hydroxylation is 2. The summed E-state index contributed by atoms with van der Waals surface area (Å²) in [5, 5.41) is 16.6. The second-order valence-corrected chi connectivity index (χ2v) is 7.99. The number of methoxy groups -OCH3 is 2. The van der Waals surface area contributed by atoms with E-state index in [0.717, 1.165) is 22.4 Å². The Morgan fingerprint density at radius 2 is 1.97 bits per heavy atom. The number of rotatable bonds is 9. The van der Waals surface area contributed by atoms with Gasteiger partial charge in [0.05, 0.1) is 38.0 Å². The molecule has 2 aromatic carbocycles. The van der Waals surface area contributed by atoms with Crippen molar-refractivity contribution < 1.29 is 14.3 Å². The molecule has 0 bridgehead atoms. The zero-order valence-electron chi connectivity index (χ0n) is 18.5. The minimum Gasteiger partial charge on any atom is -0.497 e. The third-order valence-corrected chi connectivity index (χ3v) is 5.84. The van der Waals surface area contributed by atoms with Crippen molar-refractivity contribution >= 4 is 23.4 Å². The molecule has 0 radical (unpaired) electrons. The lowest BCUT2D eigenvalue weighted by molar-refractivity contribution is -0.116. The fourth-order valence-corrected chi connectivity index (χ4v) is 3.76. The molecule has 1 amide bonds. The molecular weight excluding hydrogens is 426 g/mol. The van der Waals surface area contributed by atoms with Crippen LogP contribution < -0.4 is 14.4 Å². The molecule has 0 saturated carbocycles. The minimum absolute atomic E-state index is 0.109. The smallest absolute Gasteiger partial charge is 0.237 e. The van der Waals surface area contributed by atoms with Gasteiger partial charge in [-0.2, -0.15) is 5.26 Å². The molecule has 0 saturated heterocycles. The van der Waals surface area contributed by atoms with Crippen LogP contribution in [0.4, 0.5) is 5.69 Å². The average Bonchev–Trinajstić information content (AvgIpc) is 3.28. The van der Waals surface area contributed by atoms with E-state index in [1.165, 1.54) is 11.8 Å². The Morgan fingerprint density at radius 1 is 1.16 bits per heavy atom. The van der Waals surface area contributed by atoms with Gasteiger partial charge in [-0.3, -0.25) is 9.89 Å². The Morgan fingerprint density at radius 3 is 2.66 bits per heavy atom. The minimum atomic E-state index is -0.109. The molecule has 0 aliphatic carbocycles. The number of nitriles is 1. The van der Waals surface area contributed by atoms with E-state index < -0.39 is 0 Å². The van der Waals surface area contributed by atoms with E-state index in [2.05, 4.69) is 21.3 Å². The van der Waals surface area contributed by atoms with Gasteiger partial charge < -0.3 is 14.4 Å². The topological polar surface area (TPSA) is 104 Å². The maximum atomic E-state index is 13.0. The van der Waals surface area contributed by atoms with Crippen LogP contribution in [0.3, 0.4) is 0 Å². The van der Waals surface area contributed by atoms with Gasteiger partial charge in [-0.1, -0.05) is 17.8 Å². The van der Waals surface area contributed by atoms with Crippen molar-refractivity contribution in [3.8, 4) is 29.0 Å². The summed E-state index contributed by atoms with van der Waals surface area (Å²) in [5.41, 5.74) is 3.77. The van der Waals surface area contributed by atoms with E-state index in [0.29, 0.717) is 29.0 Å². The first kappa shape index (κ1) is 23.2. The van der Waals surface area contributed by atoms with Gasteiger partial charge in [0.25, 0.3) is 0 Å². The Hall–Kier alpha value is -3.51. The standard InChI is InChI=1S/C23H25N5O3S/c1-15-6-7-17(12-16(15)2)28(11-5-10-24)21(29)14-32-23-25-22(26-27-23)19-9-8-18(30-3)13-20(19)31-4/h6-9,12-13H,5,11,14H2,1-4H3,(H,25,26,27). The van der Waals surface area contributed by atoms with Crippen LogP contribution in [-0.2, 0) is 4.79 Å². The van der Waals surface area contributed by atoms with Gasteiger partial charge in [0, 0.05) is 18.3 Å². The van der Waals surface area contributed by atoms with Crippen LogP contribution in [0.1, 0.15) is 17.5 Å². The summed E-state index contributed by atoms with van der Waals surface area (Å²) in [7, 11) is 3.16. The first-order chi connectivity index (χ1) is 15.5. The molecule has 1 N–H and O–H groups in total. The SMILES string of the molecule is COc1ccc(-c2nc(SCC(=O)N(CCC#N)c3ccc(C)c(C)c3)n[nH]2)c(OC)c1. The zero-order chi connectivity index (χ0) is 23.1. The normalized spacial score (nSPS) is 10.5. The van der Waals surface area contributed by atoms with E-state index >= 15 is 0 Å². The molecule has 3 rings (SSSR count). The number of carbonyl (C=O) groups is 1. The second-order valence-electron chi connectivity index (χ2n) is 7.04. The van der Waals surface area contributed by atoms with Crippen LogP contribution in [0, 0.1) is 25.2 Å². The molecule has 0 atom stereocenters. The number of thioether (sulfide) groups is 1. The molecule has 0 unspecified atom stereocenters. The molecular formula is C23H25N5O3S. The highest BCUT2D eigenvalue weighted by Gasteiger charge is 2.18. The summed E-state index contributed by atoms with van der Waals surface area (Å²) in [4.78, 5) is 19.1. The summed E-state index contributed by atoms with van der Waals surface area (Å²) in [6.07, 6.45) is 0.255. The fraction of sp³-hybridized carbons (Fsp3) is 0.304. The first-order valence-corrected chi connectivity index (χ1v) is 11.0. The van der Waals surface area contributed by atoms with E-state index in [1.54, 1.807) is 25.2 Å². The lowest BCUT2D eigenvalue weighted by Gasteiger charge is -2.22. The Kier molecular flexibility index (Phi) is 7.73. The molecule has 166 valence electrons. The molecule has 32 heavy (non-hydrogen) atoms. The third kappa shape index (κ3) is 5.39. The summed E-state index contributed by atoms with van der Waals surface area (Å²) in [5.74, 6) is 1.85. The van der Waals surface area contributed by atoms with Crippen LogP contribution >= 0.6 is 11.8 Å². The predicted octanol–water partition coefficient (Wildman–Crippen LogP) is 4.14. The summed E-state index contributed by atoms with van der Waals surface area (Å²) in [6, 6.07) is 13.4. The average molecular weight is 452 g/mol. The van der Waals surface area contributed by atoms with E-state index in [4.69, 9.17) is 14.7 Å². The van der Waals surface area contributed by atoms with Crippen molar-refractivity contribution in [2.45, 2.75) is 25.4 Å². The Balaban J connectivity index is 1.73. The third-order valence-electron chi connectivity index (χ3n) is 5.00. The quantitative estimate of drug-likeness (QED) is 0.488. The Bertz CT molecular complexity index is 1140. The molecule has 0 aliphatic rings. The van der Waals surface area contributed by atoms with E-state index in [9.17, 15) is 4.79 Å². The number of aromatic nitrogens is 3. The van der Waals surface area contributed by atoms with Crippen LogP contribution in [0.15, 0.2) is 41.6 Å². The molecule has 3 aromatic rings. The van der Waals surface area contributed by atoms with Gasteiger partial charge in [-0.05, 0) is 49.2 Å². The van der Waals surface area contributed by atoms with Gasteiger partial charge in [0.1, 0.15) is 11.5 Å². The molecule has 1 heterocycles. The van der Waals surface area contributed by atoms with Crippen molar-refractivity contribution in [2.24, 2.45) is 0 Å². The van der Waals surface area contributed by atoms with Gasteiger partial charge in [-0.15, -0.1) is 5.10 Å². The van der Waals surface area contributed by atoms with Crippen molar-refractivity contribution in [1.29, 1.82) is 5.26 Å². The second kappa shape index (κ2) is 10.7. The lowest BCUT2D eigenvalue weighted by atomic mass is 10.1. The van der Waals surface area contributed by atoms with Gasteiger partial charge in [-0.25, -0.2) is 4.98 Å². The maximum absolute atomic E-state index is 13.0. The lowest BCUT2D eigenvalue weighted by Crippen LogP contribution is -2.33. The van der Waals surface area contributed by atoms with Crippen LogP contribution in [-0.4, -0.2) is 47.6 Å². The van der Waals surface area contributed by atoms with Gasteiger partial charge in [0.15, 0.2) is 5.82 Å². The molecule has 0 fully saturated rings. The molecule has 9 heteroatoms. The number of H-pyrrole nitrogens is 1. The number of aromatic amines is 1. The first-order valence-electron chi connectivity index (χ1n) is 9.99. The maximum Gasteiger partial charge on any atom is 0.237 e. The van der Waals surface area contributed by atoms with Gasteiger partial charge >= 0.3 is 0 Å². The Labute approximate surface area is 191 Å². The number of benzene rings is 2. The van der Waals surface area contributed by atoms with E-state index in [-0.39, 0.29) is 18.1 Å². The number of ether oxygens (including phenoxy) is 2. The molecule has 0 spiro atoms. The monoisotopic (exact) mass is 451 g/mol. The van der Waals surface area contributed by atoms with Crippen LogP contribution in [0.5, 0.6) is 11.5 Å². The molecule has 0 aliphatic heterocycles. The van der Waals surface area contributed by atoms with E-state index in [1.807, 2.05) is 44.2 Å². The number of hydrogen-bond donors (Lipinski definition) is 1. The summed E-state index contributed by atoms with van der Waals surface area (Å²) < 4.78 is 10.6. The van der Waals surface area contributed by atoms with Gasteiger partial charge in [0.2, 0.25) is 11.1 Å². The van der Waals surface area contributed by atoms with Crippen molar-refractivity contribution in [2.75, 3.05) is 31.4 Å². The number of nitrogens with zero attached hydrogens (tertiary/aromatic N) is 4. The largest absolute Gasteiger partial charge is 0.497 e. The summed E-state index contributed by atoms with van der Waals surface area (Å²) in [6.45, 7) is 4.36. The molecule has 8 nitrogen and oxygen atoms in total. The highest BCUT2D eigenvalue weighted by Crippen LogP contribution is 2.32. The van der Waals surface area contributed by atoms with Crippen LogP contribution in [0.2, 0.25) is 0 Å². The number of hydrogen-bond acceptors (Lipinski definition) is 7. The molecule has 1 aromatic heterocycles. The number of nitrogens with one attached hydrogen (secondary N) is 1. The van der Waals surface area contributed by atoms with Crippen molar-refractivity contribution in [3.63, 3.8) is 0 Å². The fourth-order valence-electron chi connectivity index (χ4n) is 3.08. The zero-order valence-corrected chi connectivity index (χ0v) is 19.3. The summed E-state index contributed by atoms with van der Waals surface area (Å²) >= 11 is 1.24. The predicted molar refractivity (Wildman–Crippen MR) is 124 cm³/mol. The highest BCUT2D eigenvalue weighted by atomic mass is 32.2.